The lowest BCUT2D eigenvalue weighted by atomic mass is 10.1. The van der Waals surface area contributed by atoms with E-state index in [2.05, 4.69) is 11.6 Å². The molecule has 1 aliphatic rings. The van der Waals surface area contributed by atoms with Gasteiger partial charge in [0.15, 0.2) is 0 Å². The molecule has 2 rings (SSSR count). The van der Waals surface area contributed by atoms with Crippen LogP contribution in [0.15, 0.2) is 17.0 Å². The SMILES string of the molecule is CCSC1CCC(NS(=O)(=O)c2c(N)ccc(C)c2C)C1. The number of nitrogens with two attached hydrogens (primary N) is 1. The fourth-order valence-corrected chi connectivity index (χ4v) is 5.74. The molecule has 0 saturated heterocycles. The Balaban J connectivity index is 2.19. The quantitative estimate of drug-likeness (QED) is 0.815. The zero-order valence-electron chi connectivity index (χ0n) is 12.8. The molecular formula is C15H24N2O2S2. The summed E-state index contributed by atoms with van der Waals surface area (Å²) in [5, 5.41) is 0.568. The molecule has 1 aromatic carbocycles. The van der Waals surface area contributed by atoms with Gasteiger partial charge in [0, 0.05) is 11.3 Å². The van der Waals surface area contributed by atoms with Crippen LogP contribution in [0.1, 0.15) is 37.3 Å². The van der Waals surface area contributed by atoms with Crippen molar-refractivity contribution in [3.63, 3.8) is 0 Å². The van der Waals surface area contributed by atoms with Gasteiger partial charge in [0.05, 0.1) is 5.69 Å². The zero-order chi connectivity index (χ0) is 15.6. The van der Waals surface area contributed by atoms with Crippen molar-refractivity contribution in [1.29, 1.82) is 0 Å². The Bertz CT molecular complexity index is 614. The van der Waals surface area contributed by atoms with Crippen molar-refractivity contribution >= 4 is 27.5 Å². The van der Waals surface area contributed by atoms with Gasteiger partial charge in [-0.05, 0) is 56.1 Å². The highest BCUT2D eigenvalue weighted by molar-refractivity contribution is 7.99. The van der Waals surface area contributed by atoms with E-state index in [0.717, 1.165) is 36.1 Å². The van der Waals surface area contributed by atoms with Gasteiger partial charge in [-0.3, -0.25) is 0 Å². The van der Waals surface area contributed by atoms with Gasteiger partial charge >= 0.3 is 0 Å². The van der Waals surface area contributed by atoms with E-state index >= 15 is 0 Å². The van der Waals surface area contributed by atoms with Crippen molar-refractivity contribution in [2.75, 3.05) is 11.5 Å². The Morgan fingerprint density at radius 3 is 2.71 bits per heavy atom. The molecule has 0 spiro atoms. The van der Waals surface area contributed by atoms with Gasteiger partial charge in [-0.2, -0.15) is 11.8 Å². The van der Waals surface area contributed by atoms with Crippen LogP contribution in [0.25, 0.3) is 0 Å². The minimum Gasteiger partial charge on any atom is -0.398 e. The standard InChI is InChI=1S/C15H24N2O2S2/c1-4-20-13-7-6-12(9-13)17-21(18,19)15-11(3)10(2)5-8-14(15)16/h5,8,12-13,17H,4,6-7,9,16H2,1-3H3. The molecule has 1 saturated carbocycles. The summed E-state index contributed by atoms with van der Waals surface area (Å²) in [4.78, 5) is 0.245. The molecule has 2 unspecified atom stereocenters. The highest BCUT2D eigenvalue weighted by atomic mass is 32.2. The number of nitrogen functional groups attached to an aromatic ring is 1. The first-order valence-corrected chi connectivity index (χ1v) is 9.88. The first-order valence-electron chi connectivity index (χ1n) is 7.34. The van der Waals surface area contributed by atoms with Crippen molar-refractivity contribution in [3.8, 4) is 0 Å². The van der Waals surface area contributed by atoms with E-state index in [1.807, 2.05) is 31.7 Å². The normalized spacial score (nSPS) is 22.6. The molecule has 2 atom stereocenters. The van der Waals surface area contributed by atoms with Gasteiger partial charge in [-0.15, -0.1) is 0 Å². The molecule has 21 heavy (non-hydrogen) atoms. The van der Waals surface area contributed by atoms with E-state index in [-0.39, 0.29) is 10.9 Å². The maximum absolute atomic E-state index is 12.6. The smallest absolute Gasteiger partial charge is 0.243 e. The summed E-state index contributed by atoms with van der Waals surface area (Å²) in [6.07, 6.45) is 2.89. The van der Waals surface area contributed by atoms with Crippen LogP contribution < -0.4 is 10.5 Å². The number of hydrogen-bond donors (Lipinski definition) is 2. The lowest BCUT2D eigenvalue weighted by Gasteiger charge is -2.17. The average Bonchev–Trinajstić information content (AvgIpc) is 2.81. The topological polar surface area (TPSA) is 72.2 Å². The van der Waals surface area contributed by atoms with Gasteiger partial charge < -0.3 is 5.73 Å². The van der Waals surface area contributed by atoms with Crippen LogP contribution in [0.4, 0.5) is 5.69 Å². The van der Waals surface area contributed by atoms with E-state index in [4.69, 9.17) is 5.73 Å². The fraction of sp³-hybridized carbons (Fsp3) is 0.600. The molecule has 4 nitrogen and oxygen atoms in total. The molecule has 0 heterocycles. The summed E-state index contributed by atoms with van der Waals surface area (Å²) >= 11 is 1.91. The lowest BCUT2D eigenvalue weighted by Crippen LogP contribution is -2.34. The first kappa shape index (κ1) is 16.6. The van der Waals surface area contributed by atoms with E-state index in [0.29, 0.717) is 10.9 Å². The third-order valence-electron chi connectivity index (χ3n) is 4.08. The number of thioether (sulfide) groups is 1. The number of sulfonamides is 1. The Morgan fingerprint density at radius 1 is 1.33 bits per heavy atom. The van der Waals surface area contributed by atoms with Gasteiger partial charge in [-0.1, -0.05) is 13.0 Å². The second-order valence-electron chi connectivity index (χ2n) is 5.63. The second kappa shape index (κ2) is 6.58. The third kappa shape index (κ3) is 3.73. The average molecular weight is 329 g/mol. The maximum atomic E-state index is 12.6. The summed E-state index contributed by atoms with van der Waals surface area (Å²) < 4.78 is 28.1. The molecular weight excluding hydrogens is 304 g/mol. The zero-order valence-corrected chi connectivity index (χ0v) is 14.5. The highest BCUT2D eigenvalue weighted by Crippen LogP contribution is 2.32. The number of aryl methyl sites for hydroxylation is 1. The molecule has 3 N–H and O–H groups in total. The lowest BCUT2D eigenvalue weighted by molar-refractivity contribution is 0.552. The predicted molar refractivity (Wildman–Crippen MR) is 90.2 cm³/mol. The Hall–Kier alpha value is -0.720. The van der Waals surface area contributed by atoms with Crippen molar-refractivity contribution in [2.45, 2.75) is 56.2 Å². The van der Waals surface area contributed by atoms with Crippen LogP contribution in [0, 0.1) is 13.8 Å². The molecule has 1 aliphatic carbocycles. The predicted octanol–water partition coefficient (Wildman–Crippen LogP) is 2.84. The first-order chi connectivity index (χ1) is 9.85. The molecule has 118 valence electrons. The molecule has 6 heteroatoms. The summed E-state index contributed by atoms with van der Waals surface area (Å²) in [7, 11) is -3.55. The molecule has 1 fully saturated rings. The molecule has 0 radical (unpaired) electrons. The summed E-state index contributed by atoms with van der Waals surface area (Å²) in [5.41, 5.74) is 7.90. The van der Waals surface area contributed by atoms with E-state index in [1.54, 1.807) is 6.07 Å². The number of nitrogens with one attached hydrogen (secondary N) is 1. The summed E-state index contributed by atoms with van der Waals surface area (Å²) in [6, 6.07) is 3.55. The Kier molecular flexibility index (Phi) is 5.22. The number of anilines is 1. The monoisotopic (exact) mass is 328 g/mol. The van der Waals surface area contributed by atoms with E-state index < -0.39 is 10.0 Å². The number of rotatable bonds is 5. The van der Waals surface area contributed by atoms with Crippen LogP contribution >= 0.6 is 11.8 Å². The number of benzene rings is 1. The fourth-order valence-electron chi connectivity index (χ4n) is 2.88. The summed E-state index contributed by atoms with van der Waals surface area (Å²) in [5.74, 6) is 1.08. The van der Waals surface area contributed by atoms with Crippen LogP contribution in [0.3, 0.4) is 0 Å². The van der Waals surface area contributed by atoms with Gasteiger partial charge in [0.25, 0.3) is 0 Å². The molecule has 0 bridgehead atoms. The van der Waals surface area contributed by atoms with Crippen molar-refractivity contribution in [1.82, 2.24) is 4.72 Å². The van der Waals surface area contributed by atoms with Crippen LogP contribution in [-0.4, -0.2) is 25.5 Å². The van der Waals surface area contributed by atoms with Crippen LogP contribution in [0.5, 0.6) is 0 Å². The number of hydrogen-bond acceptors (Lipinski definition) is 4. The van der Waals surface area contributed by atoms with Crippen molar-refractivity contribution in [2.24, 2.45) is 0 Å². The van der Waals surface area contributed by atoms with Crippen molar-refractivity contribution < 1.29 is 8.42 Å². The highest BCUT2D eigenvalue weighted by Gasteiger charge is 2.30. The molecule has 1 aromatic rings. The second-order valence-corrected chi connectivity index (χ2v) is 8.86. The largest absolute Gasteiger partial charge is 0.398 e. The molecule has 0 amide bonds. The minimum absolute atomic E-state index is 0.0263. The Morgan fingerprint density at radius 2 is 2.05 bits per heavy atom. The van der Waals surface area contributed by atoms with Gasteiger partial charge in [-0.25, -0.2) is 13.1 Å². The van der Waals surface area contributed by atoms with Gasteiger partial charge in [0.1, 0.15) is 4.90 Å². The van der Waals surface area contributed by atoms with Crippen LogP contribution in [0.2, 0.25) is 0 Å². The van der Waals surface area contributed by atoms with Crippen molar-refractivity contribution in [3.05, 3.63) is 23.3 Å². The molecule has 0 aromatic heterocycles. The minimum atomic E-state index is -3.55. The van der Waals surface area contributed by atoms with E-state index in [9.17, 15) is 8.42 Å². The maximum Gasteiger partial charge on any atom is 0.243 e. The van der Waals surface area contributed by atoms with Gasteiger partial charge in [0.2, 0.25) is 10.0 Å². The molecule has 0 aliphatic heterocycles. The van der Waals surface area contributed by atoms with Crippen LogP contribution in [-0.2, 0) is 10.0 Å². The van der Waals surface area contributed by atoms with E-state index in [1.165, 1.54) is 0 Å². The Labute approximate surface area is 131 Å². The summed E-state index contributed by atoms with van der Waals surface area (Å²) in [6.45, 7) is 5.85. The third-order valence-corrected chi connectivity index (χ3v) is 7.04.